The number of benzene rings is 3. The molecule has 0 bridgehead atoms. The van der Waals surface area contributed by atoms with E-state index >= 15 is 0 Å². The van der Waals surface area contributed by atoms with E-state index in [0.29, 0.717) is 48.3 Å². The summed E-state index contributed by atoms with van der Waals surface area (Å²) in [6.07, 6.45) is -2.86. The lowest BCUT2D eigenvalue weighted by Gasteiger charge is -2.28. The van der Waals surface area contributed by atoms with Gasteiger partial charge in [-0.3, -0.25) is 55.5 Å². The van der Waals surface area contributed by atoms with E-state index < -0.39 is 125 Å². The molecule has 0 fully saturated rings. The fourth-order valence-electron chi connectivity index (χ4n) is 6.24. The standard InChI is InChI=1S/C10H12NO3PS.C10H15O3P.C9H13O4P.C6H20N2O12P4.C4H12NO3P.C3H9O4P.C2H7O3PS.BrH.O3S/c12-15(13,14)7-3-6-11-8-16-10-5-2-1-4-9(10)11;1-3-8(2)9-4-6-10(7-5-9)14(11,12)13;10-14(11,12)8-4-7-13-9-5-2-1-3-6-9;9-21(10,11)3-7(4-22(12,13)14)1-2-8(5-23(15,16)17)6-24(18,19)20;1-2-5-3-4-9(6,7)8;1-7-2-3-8(4,5)6;3-6(4,5)1-2-7;;1-4(2)3/h1-2,4-5,8H,3,6-7H2,(H-,12,13,14);4-8H,3H2,1-2H3,(H2,11,12,13);1-3,5-6H,4,7-8H2,(H2,10,11,12);1-6H2,(H2,9,10,11)(H2,12,13,14)(H2,15,16,17)(H2,18,19,20);5H,2-4H2,1H3,(H2,6,7,8);2-3H2,1H3,(H2,4,5,6);7H,1-2H2,(H2,3,4,5);1H;. The number of para-hydroxylation sites is 2. The number of aromatic nitrogens is 1. The fraction of sp³-hybridized carbons (Fsp3) is 0.568. The molecule has 39 nitrogen and oxygen atoms in total. The number of rotatable bonds is 32. The Bertz CT molecular complexity index is 3300. The van der Waals surface area contributed by atoms with E-state index in [4.69, 9.17) is 115 Å². The van der Waals surface area contributed by atoms with Crippen LogP contribution in [0, 0.1) is 0 Å². The summed E-state index contributed by atoms with van der Waals surface area (Å²) in [7, 11) is -43.6. The minimum Gasteiger partial charge on any atom is -1.00 e. The third kappa shape index (κ3) is 76.1. The molecule has 0 radical (unpaired) electrons. The minimum atomic E-state index is -4.69. The predicted octanol–water partition coefficient (Wildman–Crippen LogP) is -0.798. The van der Waals surface area contributed by atoms with Crippen molar-refractivity contribution in [3.05, 3.63) is 89.9 Å². The molecule has 0 amide bonds. The van der Waals surface area contributed by atoms with Crippen LogP contribution in [0.4, 0.5) is 0 Å². The highest BCUT2D eigenvalue weighted by Crippen LogP contribution is 2.43. The predicted molar refractivity (Wildman–Crippen MR) is 360 cm³/mol. The zero-order valence-corrected chi connectivity index (χ0v) is 65.4. The van der Waals surface area contributed by atoms with Crippen LogP contribution in [0.15, 0.2) is 84.4 Å². The summed E-state index contributed by atoms with van der Waals surface area (Å²) in [5.41, 5.74) is 4.23. The van der Waals surface area contributed by atoms with Gasteiger partial charge in [-0.2, -0.15) is 17.2 Å². The van der Waals surface area contributed by atoms with E-state index in [1.807, 2.05) is 59.5 Å². The maximum atomic E-state index is 11.0. The van der Waals surface area contributed by atoms with Gasteiger partial charge < -0.3 is 130 Å². The largest absolute Gasteiger partial charge is 1.00 e. The van der Waals surface area contributed by atoms with Crippen LogP contribution in [0.25, 0.3) is 10.2 Å². The average molecular weight is 1720 g/mol. The monoisotopic (exact) mass is 1720 g/mol. The first kappa shape index (κ1) is 105. The second kappa shape index (κ2) is 52.2. The lowest BCUT2D eigenvalue weighted by Crippen LogP contribution is -3.00. The Morgan fingerprint density at radius 2 is 0.918 bits per heavy atom. The molecule has 1 aromatic heterocycles. The van der Waals surface area contributed by atoms with Gasteiger partial charge >= 0.3 is 86.6 Å². The number of thiazole rings is 1. The van der Waals surface area contributed by atoms with Crippen molar-refractivity contribution < 1.29 is 187 Å². The molecule has 1 atom stereocenters. The number of fused-ring (bicyclic) bond motifs is 1. The van der Waals surface area contributed by atoms with Crippen molar-refractivity contribution >= 4 is 126 Å². The topological polar surface area (TPSA) is 667 Å². The molecule has 1 heterocycles. The molecular formula is C44H89BrN4O35P10S3. The highest BCUT2D eigenvalue weighted by Gasteiger charge is 2.30. The van der Waals surface area contributed by atoms with Crippen molar-refractivity contribution in [3.63, 3.8) is 0 Å². The molecule has 0 aliphatic rings. The van der Waals surface area contributed by atoms with Crippen molar-refractivity contribution in [1.29, 1.82) is 0 Å². The van der Waals surface area contributed by atoms with E-state index in [-0.39, 0.29) is 65.5 Å². The number of nitrogens with zero attached hydrogens (tertiary/aromatic N) is 3. The summed E-state index contributed by atoms with van der Waals surface area (Å²) in [5.74, 6) is 1.39. The number of aryl methyl sites for hydroxylation is 1. The molecule has 4 rings (SSSR count). The van der Waals surface area contributed by atoms with Gasteiger partial charge in [-0.1, -0.05) is 74.6 Å². The second-order valence-electron chi connectivity index (χ2n) is 19.4. The van der Waals surface area contributed by atoms with Crippen LogP contribution in [0.1, 0.15) is 51.5 Å². The summed E-state index contributed by atoms with van der Waals surface area (Å²) in [6.45, 7) is 7.29. The Labute approximate surface area is 581 Å². The molecule has 4 aromatic rings. The van der Waals surface area contributed by atoms with Gasteiger partial charge in [0, 0.05) is 45.0 Å². The SMILES string of the molecule is CCC(C)c1ccc(P(=O)(O)O)cc1.CCNCCP(=O)(O)O.COCCP(=O)(O)O.O=P(O)(O)CCCOc1ccccc1.O=P(O)(O)CCC[n+]1csc2ccccc21.O=P(O)(O)CCS.O=P(O)(O)CN(CCN(CP(=O)(O)O)CP(=O)(O)O)CP(=O)(O)O.O=S(=O)=O.[Br-]. The van der Waals surface area contributed by atoms with Crippen molar-refractivity contribution in [3.8, 4) is 5.75 Å². The number of hydrogen-bond acceptors (Lipinski definition) is 20. The molecule has 0 aliphatic heterocycles. The van der Waals surface area contributed by atoms with Crippen molar-refractivity contribution in [2.75, 3.05) is 108 Å². The van der Waals surface area contributed by atoms with Crippen molar-refractivity contribution in [2.24, 2.45) is 0 Å². The summed E-state index contributed by atoms with van der Waals surface area (Å²) in [6, 6.07) is 23.7. The van der Waals surface area contributed by atoms with Crippen LogP contribution in [0.3, 0.4) is 0 Å². The molecular weight excluding hydrogens is 1630 g/mol. The normalized spacial score (nSPS) is 12.4. The maximum Gasteiger partial charge on any atom is 0.425 e. The van der Waals surface area contributed by atoms with Crippen molar-refractivity contribution in [2.45, 2.75) is 52.5 Å². The third-order valence-electron chi connectivity index (χ3n) is 10.4. The van der Waals surface area contributed by atoms with E-state index in [1.54, 1.807) is 35.6 Å². The fourth-order valence-corrected chi connectivity index (χ4v) is 14.1. The van der Waals surface area contributed by atoms with Gasteiger partial charge in [0.2, 0.25) is 11.0 Å². The Morgan fingerprint density at radius 3 is 1.25 bits per heavy atom. The number of halogens is 1. The van der Waals surface area contributed by atoms with Crippen LogP contribution >= 0.6 is 99.9 Å². The lowest BCUT2D eigenvalue weighted by atomic mass is 9.99. The second-order valence-corrected chi connectivity index (χ2v) is 38.1. The van der Waals surface area contributed by atoms with Gasteiger partial charge in [0.25, 0.3) is 0 Å². The summed E-state index contributed by atoms with van der Waals surface area (Å²) >= 11 is 5.26. The number of ether oxygens (including phenoxy) is 2. The molecule has 0 aliphatic carbocycles. The van der Waals surface area contributed by atoms with Crippen LogP contribution in [0.2, 0.25) is 0 Å². The Kier molecular flexibility index (Phi) is 56.3. The van der Waals surface area contributed by atoms with Crippen LogP contribution in [0.5, 0.6) is 5.75 Å². The van der Waals surface area contributed by atoms with Gasteiger partial charge in [0.1, 0.15) is 35.6 Å². The Hall–Kier alpha value is -0.860. The summed E-state index contributed by atoms with van der Waals surface area (Å²) in [5, 5.41) is 2.90. The summed E-state index contributed by atoms with van der Waals surface area (Å²) < 4.78 is 144. The number of thiol groups is 1. The molecule has 570 valence electrons. The number of hydrogen-bond donors (Lipinski definition) is 22. The van der Waals surface area contributed by atoms with E-state index in [9.17, 15) is 45.7 Å². The number of nitrogens with one attached hydrogen (secondary N) is 1. The van der Waals surface area contributed by atoms with Crippen LogP contribution in [-0.2, 0) is 67.5 Å². The van der Waals surface area contributed by atoms with Crippen LogP contribution in [-0.4, -0.2) is 229 Å². The number of methoxy groups -OCH3 is 1. The van der Waals surface area contributed by atoms with Crippen molar-refractivity contribution in [1.82, 2.24) is 15.1 Å². The first-order valence-electron chi connectivity index (χ1n) is 27.0. The molecule has 53 heteroatoms. The minimum absolute atomic E-state index is 0. The maximum absolute atomic E-state index is 11.0. The third-order valence-corrected chi connectivity index (χ3v) is 20.2. The lowest BCUT2D eigenvalue weighted by molar-refractivity contribution is -0.667. The van der Waals surface area contributed by atoms with Gasteiger partial charge in [0.15, 0.2) is 6.54 Å². The molecule has 0 saturated heterocycles. The Morgan fingerprint density at radius 1 is 0.526 bits per heavy atom. The first-order valence-corrected chi connectivity index (χ1v) is 47.3. The van der Waals surface area contributed by atoms with E-state index in [1.165, 1.54) is 23.9 Å². The molecule has 3 aromatic carbocycles. The average Bonchev–Trinajstić information content (AvgIpc) is 1.64. The van der Waals surface area contributed by atoms with Gasteiger partial charge in [-0.05, 0) is 61.2 Å². The summed E-state index contributed by atoms with van der Waals surface area (Å²) in [4.78, 5) is 174. The Balaban J connectivity index is -0.000000347. The highest BCUT2D eigenvalue weighted by atomic mass is 79.9. The molecule has 97 heavy (non-hydrogen) atoms. The highest BCUT2D eigenvalue weighted by molar-refractivity contribution is 7.80. The van der Waals surface area contributed by atoms with E-state index in [0.717, 1.165) is 29.8 Å². The van der Waals surface area contributed by atoms with Gasteiger partial charge in [-0.25, -0.2) is 0 Å². The van der Waals surface area contributed by atoms with Gasteiger partial charge in [0.05, 0.1) is 49.3 Å². The molecule has 21 N–H and O–H groups in total. The smallest absolute Gasteiger partial charge is 0.425 e. The zero-order chi connectivity index (χ0) is 75.6. The molecule has 0 saturated carbocycles. The van der Waals surface area contributed by atoms with E-state index in [2.05, 4.69) is 36.5 Å². The zero-order valence-electron chi connectivity index (χ0n) is 52.3. The quantitative estimate of drug-likeness (QED) is 0.0123. The molecule has 1 unspecified atom stereocenters. The van der Waals surface area contributed by atoms with Gasteiger partial charge in [-0.15, -0.1) is 12.6 Å². The molecule has 0 spiro atoms. The first-order chi connectivity index (χ1) is 43.4. The van der Waals surface area contributed by atoms with Crippen LogP contribution < -0.4 is 36.9 Å².